The first-order chi connectivity index (χ1) is 7.85. The quantitative estimate of drug-likeness (QED) is 0.780. The lowest BCUT2D eigenvalue weighted by atomic mass is 10.1. The molecule has 0 fully saturated rings. The molecule has 0 bridgehead atoms. The van der Waals surface area contributed by atoms with Gasteiger partial charge >= 0.3 is 0 Å². The van der Waals surface area contributed by atoms with Crippen LogP contribution in [0.3, 0.4) is 0 Å². The molecule has 1 N–H and O–H groups in total. The zero-order valence-electron chi connectivity index (χ0n) is 9.41. The molecule has 2 rings (SSSR count). The Morgan fingerprint density at radius 3 is 3.00 bits per heavy atom. The third kappa shape index (κ3) is 2.27. The van der Waals surface area contributed by atoms with E-state index in [-0.39, 0.29) is 0 Å². The van der Waals surface area contributed by atoms with Crippen LogP contribution in [-0.4, -0.2) is 21.0 Å². The largest absolute Gasteiger partial charge is 0.496 e. The molecule has 0 saturated carbocycles. The smallest absolute Gasteiger partial charge is 0.189 e. The fourth-order valence-corrected chi connectivity index (χ4v) is 1.63. The minimum absolute atomic E-state index is 0.302. The van der Waals surface area contributed by atoms with Crippen LogP contribution in [0, 0.1) is 0 Å². The molecule has 5 nitrogen and oxygen atoms in total. The number of hydroxylamine groups is 1. The molecule has 88 valence electrons. The topological polar surface area (TPSA) is 49.0 Å². The number of nitrogens with one attached hydrogen (secondary N) is 1. The summed E-state index contributed by atoms with van der Waals surface area (Å²) < 4.78 is 15.9. The van der Waals surface area contributed by atoms with Crippen molar-refractivity contribution in [1.82, 2.24) is 5.48 Å². The number of hydrogen-bond acceptors (Lipinski definition) is 5. The Kier molecular flexibility index (Phi) is 3.61. The van der Waals surface area contributed by atoms with Crippen LogP contribution < -0.4 is 15.0 Å². The van der Waals surface area contributed by atoms with E-state index in [4.69, 9.17) is 19.0 Å². The Balaban J connectivity index is 2.28. The average Bonchev–Trinajstić information content (AvgIpc) is 2.35. The summed E-state index contributed by atoms with van der Waals surface area (Å²) in [4.78, 5) is 4.82. The van der Waals surface area contributed by atoms with Gasteiger partial charge in [-0.05, 0) is 12.1 Å². The van der Waals surface area contributed by atoms with E-state index in [1.54, 1.807) is 14.2 Å². The van der Waals surface area contributed by atoms with Gasteiger partial charge in [0.15, 0.2) is 6.79 Å². The Hall–Kier alpha value is -1.30. The molecule has 0 saturated heterocycles. The molecule has 0 radical (unpaired) electrons. The predicted octanol–water partition coefficient (Wildman–Crippen LogP) is 1.21. The summed E-state index contributed by atoms with van der Waals surface area (Å²) in [6.45, 7) is 1.43. The van der Waals surface area contributed by atoms with Crippen LogP contribution in [0.15, 0.2) is 12.1 Å². The number of ether oxygens (including phenoxy) is 3. The van der Waals surface area contributed by atoms with Crippen LogP contribution in [0.4, 0.5) is 0 Å². The summed E-state index contributed by atoms with van der Waals surface area (Å²) in [5.41, 5.74) is 4.77. The number of methoxy groups -OCH3 is 1. The van der Waals surface area contributed by atoms with Crippen molar-refractivity contribution in [2.24, 2.45) is 0 Å². The number of hydrogen-bond donors (Lipinski definition) is 1. The van der Waals surface area contributed by atoms with Gasteiger partial charge < -0.3 is 19.0 Å². The van der Waals surface area contributed by atoms with E-state index in [0.29, 0.717) is 19.9 Å². The first-order valence-electron chi connectivity index (χ1n) is 5.01. The molecule has 1 heterocycles. The molecule has 0 atom stereocenters. The van der Waals surface area contributed by atoms with Crippen molar-refractivity contribution in [1.29, 1.82) is 0 Å². The molecular formula is C11H15NO4. The van der Waals surface area contributed by atoms with E-state index in [1.807, 2.05) is 12.1 Å². The number of benzene rings is 1. The van der Waals surface area contributed by atoms with Gasteiger partial charge in [-0.3, -0.25) is 0 Å². The Bertz CT molecular complexity index is 367. The van der Waals surface area contributed by atoms with Crippen molar-refractivity contribution in [3.63, 3.8) is 0 Å². The van der Waals surface area contributed by atoms with E-state index in [2.05, 4.69) is 5.48 Å². The maximum absolute atomic E-state index is 5.40. The van der Waals surface area contributed by atoms with Crippen LogP contribution in [0.5, 0.6) is 11.5 Å². The van der Waals surface area contributed by atoms with Gasteiger partial charge in [0.1, 0.15) is 11.5 Å². The van der Waals surface area contributed by atoms with Crippen molar-refractivity contribution in [2.45, 2.75) is 13.2 Å². The van der Waals surface area contributed by atoms with E-state index in [9.17, 15) is 0 Å². The highest BCUT2D eigenvalue weighted by molar-refractivity contribution is 5.46. The van der Waals surface area contributed by atoms with Crippen LogP contribution in [0.25, 0.3) is 0 Å². The van der Waals surface area contributed by atoms with Crippen LogP contribution in [0.1, 0.15) is 11.1 Å². The molecular weight excluding hydrogens is 210 g/mol. The Morgan fingerprint density at radius 2 is 2.25 bits per heavy atom. The van der Waals surface area contributed by atoms with Gasteiger partial charge in [-0.1, -0.05) is 0 Å². The van der Waals surface area contributed by atoms with Crippen molar-refractivity contribution >= 4 is 0 Å². The molecule has 0 unspecified atom stereocenters. The van der Waals surface area contributed by atoms with E-state index in [0.717, 1.165) is 22.6 Å². The van der Waals surface area contributed by atoms with E-state index >= 15 is 0 Å². The van der Waals surface area contributed by atoms with Gasteiger partial charge in [0.2, 0.25) is 0 Å². The van der Waals surface area contributed by atoms with Crippen LogP contribution >= 0.6 is 0 Å². The van der Waals surface area contributed by atoms with Crippen LogP contribution in [-0.2, 0) is 22.7 Å². The summed E-state index contributed by atoms with van der Waals surface area (Å²) >= 11 is 0. The number of rotatable bonds is 4. The summed E-state index contributed by atoms with van der Waals surface area (Å²) in [7, 11) is 3.22. The lowest BCUT2D eigenvalue weighted by Gasteiger charge is -2.20. The molecule has 1 aromatic carbocycles. The highest BCUT2D eigenvalue weighted by Gasteiger charge is 2.15. The second-order valence-electron chi connectivity index (χ2n) is 3.41. The molecule has 1 aliphatic heterocycles. The first-order valence-corrected chi connectivity index (χ1v) is 5.01. The third-order valence-corrected chi connectivity index (χ3v) is 2.43. The maximum Gasteiger partial charge on any atom is 0.189 e. The normalized spacial score (nSPS) is 14.1. The summed E-state index contributed by atoms with van der Waals surface area (Å²) in [5.74, 6) is 1.65. The molecule has 0 aliphatic carbocycles. The molecule has 0 amide bonds. The van der Waals surface area contributed by atoms with E-state index < -0.39 is 0 Å². The molecule has 5 heteroatoms. The van der Waals surface area contributed by atoms with Gasteiger partial charge in [0.25, 0.3) is 0 Å². The second-order valence-corrected chi connectivity index (χ2v) is 3.41. The molecule has 1 aliphatic rings. The van der Waals surface area contributed by atoms with Crippen molar-refractivity contribution in [3.8, 4) is 11.5 Å². The predicted molar refractivity (Wildman–Crippen MR) is 57.1 cm³/mol. The Morgan fingerprint density at radius 1 is 1.38 bits per heavy atom. The minimum Gasteiger partial charge on any atom is -0.496 e. The molecule has 0 spiro atoms. The van der Waals surface area contributed by atoms with Gasteiger partial charge in [-0.2, -0.15) is 5.48 Å². The zero-order valence-corrected chi connectivity index (χ0v) is 9.41. The zero-order chi connectivity index (χ0) is 11.4. The fourth-order valence-electron chi connectivity index (χ4n) is 1.63. The molecule has 1 aromatic rings. The summed E-state index contributed by atoms with van der Waals surface area (Å²) in [6.07, 6.45) is 0. The number of fused-ring (bicyclic) bond motifs is 1. The van der Waals surface area contributed by atoms with Crippen molar-refractivity contribution in [3.05, 3.63) is 23.3 Å². The summed E-state index contributed by atoms with van der Waals surface area (Å²) in [6, 6.07) is 3.88. The minimum atomic E-state index is 0.302. The Labute approximate surface area is 94.2 Å². The molecule has 0 aromatic heterocycles. The standard InChI is InChI=1S/C11H15NO4/c1-13-10-4-9-6-15-7-16-11(9)3-8(10)5-12-14-2/h3-4,12H,5-7H2,1-2H3. The average molecular weight is 225 g/mol. The third-order valence-electron chi connectivity index (χ3n) is 2.43. The highest BCUT2D eigenvalue weighted by atomic mass is 16.7. The van der Waals surface area contributed by atoms with Crippen molar-refractivity contribution in [2.75, 3.05) is 21.0 Å². The SMILES string of the molecule is CONCc1cc2c(cc1OC)COCO2. The van der Waals surface area contributed by atoms with Gasteiger partial charge in [0, 0.05) is 17.7 Å². The van der Waals surface area contributed by atoms with Gasteiger partial charge in [-0.25, -0.2) is 0 Å². The van der Waals surface area contributed by atoms with Gasteiger partial charge in [0.05, 0.1) is 20.8 Å². The van der Waals surface area contributed by atoms with Gasteiger partial charge in [-0.15, -0.1) is 0 Å². The monoisotopic (exact) mass is 225 g/mol. The lowest BCUT2D eigenvalue weighted by molar-refractivity contribution is -0.0166. The van der Waals surface area contributed by atoms with Crippen molar-refractivity contribution < 1.29 is 19.0 Å². The first kappa shape index (κ1) is 11.2. The fraction of sp³-hybridized carbons (Fsp3) is 0.455. The second kappa shape index (κ2) is 5.16. The summed E-state index contributed by atoms with van der Waals surface area (Å²) in [5, 5.41) is 0. The maximum atomic E-state index is 5.40. The van der Waals surface area contributed by atoms with E-state index in [1.165, 1.54) is 0 Å². The molecule has 16 heavy (non-hydrogen) atoms. The van der Waals surface area contributed by atoms with Crippen LogP contribution in [0.2, 0.25) is 0 Å². The highest BCUT2D eigenvalue weighted by Crippen LogP contribution is 2.31. The lowest BCUT2D eigenvalue weighted by Crippen LogP contribution is -2.15.